The molecular formula is C13H14N2O3. The highest BCUT2D eigenvalue weighted by molar-refractivity contribution is 6.21. The summed E-state index contributed by atoms with van der Waals surface area (Å²) in [6.45, 7) is 0.600. The van der Waals surface area contributed by atoms with Crippen molar-refractivity contribution in [3.8, 4) is 5.75 Å². The zero-order chi connectivity index (χ0) is 12.9. The van der Waals surface area contributed by atoms with Crippen LogP contribution in [0.25, 0.3) is 0 Å². The third-order valence-corrected chi connectivity index (χ3v) is 3.86. The lowest BCUT2D eigenvalue weighted by Gasteiger charge is -2.19. The summed E-state index contributed by atoms with van der Waals surface area (Å²) in [4.78, 5) is 26.1. The van der Waals surface area contributed by atoms with Gasteiger partial charge in [-0.25, -0.2) is 0 Å². The van der Waals surface area contributed by atoms with E-state index in [2.05, 4.69) is 5.32 Å². The molecule has 1 aromatic carbocycles. The van der Waals surface area contributed by atoms with Gasteiger partial charge in [-0.05, 0) is 24.6 Å². The van der Waals surface area contributed by atoms with Gasteiger partial charge in [-0.2, -0.15) is 0 Å². The summed E-state index contributed by atoms with van der Waals surface area (Å²) in [7, 11) is 3.30. The van der Waals surface area contributed by atoms with Crippen molar-refractivity contribution in [2.75, 3.05) is 26.0 Å². The maximum Gasteiger partial charge on any atom is 0.244 e. The normalized spacial score (nSPS) is 25.6. The van der Waals surface area contributed by atoms with E-state index in [0.29, 0.717) is 24.4 Å². The van der Waals surface area contributed by atoms with E-state index in [1.54, 1.807) is 37.3 Å². The van der Waals surface area contributed by atoms with Crippen LogP contribution in [-0.4, -0.2) is 37.4 Å². The first-order valence-corrected chi connectivity index (χ1v) is 5.85. The van der Waals surface area contributed by atoms with Crippen molar-refractivity contribution in [2.24, 2.45) is 0 Å². The molecule has 1 spiro atoms. The van der Waals surface area contributed by atoms with Crippen LogP contribution in [0.2, 0.25) is 0 Å². The molecule has 1 N–H and O–H groups in total. The molecule has 0 saturated carbocycles. The van der Waals surface area contributed by atoms with E-state index in [1.807, 2.05) is 0 Å². The van der Waals surface area contributed by atoms with Gasteiger partial charge in [0.25, 0.3) is 0 Å². The Bertz CT molecular complexity index is 555. The largest absolute Gasteiger partial charge is 0.497 e. The van der Waals surface area contributed by atoms with Crippen LogP contribution in [0.3, 0.4) is 0 Å². The predicted octanol–water partition coefficient (Wildman–Crippen LogP) is 0.747. The summed E-state index contributed by atoms with van der Waals surface area (Å²) in [5, 5.41) is 2.79. The summed E-state index contributed by atoms with van der Waals surface area (Å²) < 4.78 is 5.18. The third-order valence-electron chi connectivity index (χ3n) is 3.86. The minimum absolute atomic E-state index is 0.132. The standard InChI is InChI=1S/C13H14N2O3/c1-15-6-5-13(12(15)17)9-7-8(18-2)3-4-10(9)14-11(13)16/h3-4,7H,5-6H2,1-2H3,(H,14,16)/t13-/m1/s1. The zero-order valence-electron chi connectivity index (χ0n) is 10.3. The number of nitrogens with one attached hydrogen (secondary N) is 1. The number of likely N-dealkylation sites (N-methyl/N-ethyl adjacent to an activating group) is 1. The molecule has 5 nitrogen and oxygen atoms in total. The number of ether oxygens (including phenoxy) is 1. The average Bonchev–Trinajstić information content (AvgIpc) is 2.83. The first-order chi connectivity index (χ1) is 8.59. The lowest BCUT2D eigenvalue weighted by Crippen LogP contribution is -2.42. The first kappa shape index (κ1) is 11.1. The van der Waals surface area contributed by atoms with Gasteiger partial charge in [0, 0.05) is 24.8 Å². The Balaban J connectivity index is 2.19. The van der Waals surface area contributed by atoms with Gasteiger partial charge in [0.05, 0.1) is 7.11 Å². The number of likely N-dealkylation sites (tertiary alicyclic amines) is 1. The molecule has 1 aromatic rings. The first-order valence-electron chi connectivity index (χ1n) is 5.85. The van der Waals surface area contributed by atoms with Crippen molar-refractivity contribution < 1.29 is 14.3 Å². The fourth-order valence-corrected chi connectivity index (χ4v) is 2.79. The van der Waals surface area contributed by atoms with Crippen molar-refractivity contribution in [3.63, 3.8) is 0 Å². The van der Waals surface area contributed by atoms with E-state index in [9.17, 15) is 9.59 Å². The molecule has 0 radical (unpaired) electrons. The highest BCUT2D eigenvalue weighted by Crippen LogP contribution is 2.45. The minimum Gasteiger partial charge on any atom is -0.497 e. The predicted molar refractivity (Wildman–Crippen MR) is 65.6 cm³/mol. The molecular weight excluding hydrogens is 232 g/mol. The van der Waals surface area contributed by atoms with Crippen LogP contribution in [-0.2, 0) is 15.0 Å². The maximum absolute atomic E-state index is 12.3. The highest BCUT2D eigenvalue weighted by atomic mass is 16.5. The molecule has 2 amide bonds. The molecule has 3 rings (SSSR count). The molecule has 5 heteroatoms. The number of methoxy groups -OCH3 is 1. The molecule has 0 unspecified atom stereocenters. The number of rotatable bonds is 1. The molecule has 1 saturated heterocycles. The van der Waals surface area contributed by atoms with Crippen molar-refractivity contribution in [1.29, 1.82) is 0 Å². The van der Waals surface area contributed by atoms with Gasteiger partial charge in [0.1, 0.15) is 5.75 Å². The van der Waals surface area contributed by atoms with E-state index in [0.717, 1.165) is 5.56 Å². The molecule has 18 heavy (non-hydrogen) atoms. The smallest absolute Gasteiger partial charge is 0.244 e. The lowest BCUT2D eigenvalue weighted by molar-refractivity contribution is -0.136. The fraction of sp³-hybridized carbons (Fsp3) is 0.385. The third kappa shape index (κ3) is 1.16. The number of fused-ring (bicyclic) bond motifs is 2. The van der Waals surface area contributed by atoms with E-state index in [-0.39, 0.29) is 11.8 Å². The summed E-state index contributed by atoms with van der Waals surface area (Å²) in [5.74, 6) is 0.305. The Hall–Kier alpha value is -2.04. The van der Waals surface area contributed by atoms with Crippen LogP contribution < -0.4 is 10.1 Å². The second-order valence-electron chi connectivity index (χ2n) is 4.75. The number of benzene rings is 1. The lowest BCUT2D eigenvalue weighted by atomic mass is 9.80. The number of carbonyl (C=O) groups excluding carboxylic acids is 2. The Kier molecular flexibility index (Phi) is 2.14. The summed E-state index contributed by atoms with van der Waals surface area (Å²) in [6.07, 6.45) is 0.522. The quantitative estimate of drug-likeness (QED) is 0.744. The van der Waals surface area contributed by atoms with Crippen LogP contribution in [0.15, 0.2) is 18.2 Å². The van der Waals surface area contributed by atoms with Crippen molar-refractivity contribution in [1.82, 2.24) is 4.90 Å². The van der Waals surface area contributed by atoms with Crippen LogP contribution in [0.4, 0.5) is 5.69 Å². The second kappa shape index (κ2) is 3.48. The topological polar surface area (TPSA) is 58.6 Å². The van der Waals surface area contributed by atoms with Crippen molar-refractivity contribution in [3.05, 3.63) is 23.8 Å². The number of nitrogens with zero attached hydrogens (tertiary/aromatic N) is 1. The Labute approximate surface area is 105 Å². The molecule has 2 aliphatic rings. The Morgan fingerprint density at radius 2 is 2.17 bits per heavy atom. The summed E-state index contributed by atoms with van der Waals surface area (Å²) in [5.41, 5.74) is 0.407. The highest BCUT2D eigenvalue weighted by Gasteiger charge is 2.57. The molecule has 0 bridgehead atoms. The number of amides is 2. The number of hydrogen-bond acceptors (Lipinski definition) is 3. The molecule has 1 fully saturated rings. The monoisotopic (exact) mass is 246 g/mol. The maximum atomic E-state index is 12.3. The molecule has 0 aromatic heterocycles. The van der Waals surface area contributed by atoms with Gasteiger partial charge in [-0.15, -0.1) is 0 Å². The number of carbonyl (C=O) groups is 2. The molecule has 2 aliphatic heterocycles. The van der Waals surface area contributed by atoms with Gasteiger partial charge < -0.3 is 15.0 Å². The Morgan fingerprint density at radius 3 is 2.78 bits per heavy atom. The van der Waals surface area contributed by atoms with Crippen molar-refractivity contribution >= 4 is 17.5 Å². The average molecular weight is 246 g/mol. The van der Waals surface area contributed by atoms with E-state index >= 15 is 0 Å². The summed E-state index contributed by atoms with van der Waals surface area (Å²) >= 11 is 0. The van der Waals surface area contributed by atoms with Crippen LogP contribution in [0, 0.1) is 0 Å². The minimum atomic E-state index is -1.04. The second-order valence-corrected chi connectivity index (χ2v) is 4.75. The van der Waals surface area contributed by atoms with Crippen LogP contribution >= 0.6 is 0 Å². The van der Waals surface area contributed by atoms with E-state index in [4.69, 9.17) is 4.74 Å². The van der Waals surface area contributed by atoms with Crippen molar-refractivity contribution in [2.45, 2.75) is 11.8 Å². The van der Waals surface area contributed by atoms with Crippen LogP contribution in [0.5, 0.6) is 5.75 Å². The zero-order valence-corrected chi connectivity index (χ0v) is 10.3. The fourth-order valence-electron chi connectivity index (χ4n) is 2.79. The van der Waals surface area contributed by atoms with Gasteiger partial charge in [-0.1, -0.05) is 0 Å². The van der Waals surface area contributed by atoms with Gasteiger partial charge >= 0.3 is 0 Å². The number of hydrogen-bond donors (Lipinski definition) is 1. The van der Waals surface area contributed by atoms with E-state index in [1.165, 1.54) is 0 Å². The van der Waals surface area contributed by atoms with Gasteiger partial charge in [0.2, 0.25) is 11.8 Å². The number of anilines is 1. The molecule has 1 atom stereocenters. The van der Waals surface area contributed by atoms with Gasteiger partial charge in [0.15, 0.2) is 5.41 Å². The SMILES string of the molecule is COc1ccc2c(c1)[C@]1(CCN(C)C1=O)C(=O)N2. The molecule has 0 aliphatic carbocycles. The molecule has 2 heterocycles. The van der Waals surface area contributed by atoms with Crippen LogP contribution in [0.1, 0.15) is 12.0 Å². The molecule has 94 valence electrons. The summed E-state index contributed by atoms with van der Waals surface area (Å²) in [6, 6.07) is 5.35. The van der Waals surface area contributed by atoms with E-state index < -0.39 is 5.41 Å². The Morgan fingerprint density at radius 1 is 1.39 bits per heavy atom. The van der Waals surface area contributed by atoms with Gasteiger partial charge in [-0.3, -0.25) is 9.59 Å².